The summed E-state index contributed by atoms with van der Waals surface area (Å²) in [7, 11) is 4.06. The number of amides is 1. The number of carbonyl (C=O) groups is 1. The minimum atomic E-state index is 0.131. The van der Waals surface area contributed by atoms with Crippen LogP contribution in [-0.2, 0) is 16.1 Å². The molecule has 2 aromatic carbocycles. The number of ether oxygens (including phenoxy) is 1. The van der Waals surface area contributed by atoms with Gasteiger partial charge in [0.1, 0.15) is 0 Å². The second-order valence-corrected chi connectivity index (χ2v) is 9.96. The Morgan fingerprint density at radius 2 is 2.00 bits per heavy atom. The van der Waals surface area contributed by atoms with E-state index in [1.54, 1.807) is 11.3 Å². The molecule has 1 unspecified atom stereocenters. The van der Waals surface area contributed by atoms with Crippen molar-refractivity contribution in [3.63, 3.8) is 0 Å². The van der Waals surface area contributed by atoms with Gasteiger partial charge in [-0.2, -0.15) is 0 Å². The normalized spacial score (nSPS) is 16.1. The molecule has 1 aliphatic heterocycles. The number of fused-ring (bicyclic) bond motifs is 1. The van der Waals surface area contributed by atoms with Gasteiger partial charge in [-0.3, -0.25) is 4.79 Å². The van der Waals surface area contributed by atoms with Crippen LogP contribution in [0.2, 0.25) is 0 Å². The van der Waals surface area contributed by atoms with Gasteiger partial charge in [-0.15, -0.1) is 11.3 Å². The Balaban J connectivity index is 1.42. The van der Waals surface area contributed by atoms with Crippen molar-refractivity contribution in [2.45, 2.75) is 29.8 Å². The molecule has 1 fully saturated rings. The minimum Gasteiger partial charge on any atom is -0.378 e. The molecule has 1 saturated heterocycles. The van der Waals surface area contributed by atoms with Gasteiger partial charge < -0.3 is 14.5 Å². The molecule has 0 aliphatic carbocycles. The first-order valence-electron chi connectivity index (χ1n) is 10.2. The number of anilines is 1. The molecule has 0 bridgehead atoms. The van der Waals surface area contributed by atoms with Crippen molar-refractivity contribution in [1.29, 1.82) is 0 Å². The number of carbonyl (C=O) groups excluding carboxylic acids is 1. The van der Waals surface area contributed by atoms with Crippen molar-refractivity contribution < 1.29 is 9.53 Å². The Morgan fingerprint density at radius 1 is 1.20 bits per heavy atom. The monoisotopic (exact) mass is 441 g/mol. The topological polar surface area (TPSA) is 45.7 Å². The standard InChI is InChI=1S/C23H27N3O2S2/c1-25(2)18-11-9-17(10-12-18)14-26(15-19-6-5-13-28-19)22(27)16-29-23-24-20-7-3-4-8-21(20)30-23/h3-4,7-12,19H,5-6,13-16H2,1-2H3. The predicted octanol–water partition coefficient (Wildman–Crippen LogP) is 4.66. The van der Waals surface area contributed by atoms with Gasteiger partial charge in [-0.1, -0.05) is 36.0 Å². The van der Waals surface area contributed by atoms with Crippen molar-refractivity contribution in [2.75, 3.05) is 37.9 Å². The van der Waals surface area contributed by atoms with Crippen LogP contribution < -0.4 is 4.90 Å². The lowest BCUT2D eigenvalue weighted by Gasteiger charge is -2.26. The van der Waals surface area contributed by atoms with Crippen LogP contribution in [0.15, 0.2) is 52.9 Å². The number of aromatic nitrogens is 1. The van der Waals surface area contributed by atoms with Gasteiger partial charge in [0, 0.05) is 39.5 Å². The van der Waals surface area contributed by atoms with Crippen LogP contribution in [0.25, 0.3) is 10.2 Å². The average Bonchev–Trinajstić information content (AvgIpc) is 3.41. The summed E-state index contributed by atoms with van der Waals surface area (Å²) < 4.78 is 7.91. The quantitative estimate of drug-likeness (QED) is 0.476. The van der Waals surface area contributed by atoms with E-state index in [1.807, 2.05) is 37.2 Å². The maximum absolute atomic E-state index is 13.1. The summed E-state index contributed by atoms with van der Waals surface area (Å²) in [5.41, 5.74) is 3.29. The number of rotatable bonds is 8. The third-order valence-corrected chi connectivity index (χ3v) is 7.38. The molecule has 0 spiro atoms. The van der Waals surface area contributed by atoms with Crippen LogP contribution in [-0.4, -0.2) is 54.9 Å². The fourth-order valence-corrected chi connectivity index (χ4v) is 5.51. The molecule has 1 aliphatic rings. The van der Waals surface area contributed by atoms with Gasteiger partial charge in [0.2, 0.25) is 5.91 Å². The zero-order valence-corrected chi connectivity index (χ0v) is 19.0. The lowest BCUT2D eigenvalue weighted by atomic mass is 10.1. The van der Waals surface area contributed by atoms with E-state index in [-0.39, 0.29) is 12.0 Å². The minimum absolute atomic E-state index is 0.131. The number of hydrogen-bond donors (Lipinski definition) is 0. The van der Waals surface area contributed by atoms with Crippen LogP contribution >= 0.6 is 23.1 Å². The summed E-state index contributed by atoms with van der Waals surface area (Å²) in [4.78, 5) is 21.8. The molecule has 0 radical (unpaired) electrons. The Kier molecular flexibility index (Phi) is 6.92. The van der Waals surface area contributed by atoms with Crippen LogP contribution in [0, 0.1) is 0 Å². The van der Waals surface area contributed by atoms with Crippen LogP contribution in [0.4, 0.5) is 5.69 Å². The smallest absolute Gasteiger partial charge is 0.233 e. The lowest BCUT2D eigenvalue weighted by Crippen LogP contribution is -2.38. The number of thioether (sulfide) groups is 1. The fraction of sp³-hybridized carbons (Fsp3) is 0.391. The average molecular weight is 442 g/mol. The predicted molar refractivity (Wildman–Crippen MR) is 126 cm³/mol. The zero-order valence-electron chi connectivity index (χ0n) is 17.4. The lowest BCUT2D eigenvalue weighted by molar-refractivity contribution is -0.130. The Bertz CT molecular complexity index is 949. The Labute approximate surface area is 186 Å². The molecular weight excluding hydrogens is 414 g/mol. The molecule has 0 saturated carbocycles. The van der Waals surface area contributed by atoms with Crippen molar-refractivity contribution in [1.82, 2.24) is 9.88 Å². The van der Waals surface area contributed by atoms with E-state index in [0.717, 1.165) is 45.3 Å². The van der Waals surface area contributed by atoms with E-state index < -0.39 is 0 Å². The first-order chi connectivity index (χ1) is 14.6. The van der Waals surface area contributed by atoms with Crippen LogP contribution in [0.1, 0.15) is 18.4 Å². The summed E-state index contributed by atoms with van der Waals surface area (Å²) >= 11 is 3.17. The van der Waals surface area contributed by atoms with Gasteiger partial charge in [-0.25, -0.2) is 4.98 Å². The van der Waals surface area contributed by atoms with E-state index in [9.17, 15) is 4.79 Å². The number of para-hydroxylation sites is 1. The molecule has 158 valence electrons. The second-order valence-electron chi connectivity index (χ2n) is 7.71. The highest BCUT2D eigenvalue weighted by molar-refractivity contribution is 8.01. The molecule has 2 heterocycles. The first-order valence-corrected chi connectivity index (χ1v) is 12.0. The van der Waals surface area contributed by atoms with Crippen molar-refractivity contribution in [3.8, 4) is 0 Å². The van der Waals surface area contributed by atoms with E-state index in [4.69, 9.17) is 4.74 Å². The van der Waals surface area contributed by atoms with Gasteiger partial charge in [0.15, 0.2) is 4.34 Å². The SMILES string of the molecule is CN(C)c1ccc(CN(CC2CCCO2)C(=O)CSc2nc3ccccc3s2)cc1. The van der Waals surface area contributed by atoms with E-state index in [2.05, 4.69) is 40.2 Å². The highest BCUT2D eigenvalue weighted by atomic mass is 32.2. The Morgan fingerprint density at radius 3 is 2.70 bits per heavy atom. The molecule has 1 atom stereocenters. The summed E-state index contributed by atoms with van der Waals surface area (Å²) in [6.07, 6.45) is 2.24. The number of thiazole rings is 1. The molecule has 30 heavy (non-hydrogen) atoms. The van der Waals surface area contributed by atoms with E-state index in [1.165, 1.54) is 11.8 Å². The number of hydrogen-bond acceptors (Lipinski definition) is 6. The maximum atomic E-state index is 13.1. The Hall–Kier alpha value is -2.09. The van der Waals surface area contributed by atoms with Crippen molar-refractivity contribution in [2.24, 2.45) is 0 Å². The molecule has 0 N–H and O–H groups in total. The molecule has 5 nitrogen and oxygen atoms in total. The summed E-state index contributed by atoms with van der Waals surface area (Å²) in [6, 6.07) is 16.5. The third-order valence-electron chi connectivity index (χ3n) is 5.22. The third kappa shape index (κ3) is 5.33. The van der Waals surface area contributed by atoms with Gasteiger partial charge in [0.05, 0.1) is 22.1 Å². The van der Waals surface area contributed by atoms with Gasteiger partial charge in [0.25, 0.3) is 0 Å². The second kappa shape index (κ2) is 9.81. The highest BCUT2D eigenvalue weighted by Gasteiger charge is 2.23. The molecule has 4 rings (SSSR count). The van der Waals surface area contributed by atoms with Crippen LogP contribution in [0.5, 0.6) is 0 Å². The fourth-order valence-electron chi connectivity index (χ4n) is 3.54. The number of benzene rings is 2. The summed E-state index contributed by atoms with van der Waals surface area (Å²) in [6.45, 7) is 2.05. The largest absolute Gasteiger partial charge is 0.378 e. The van der Waals surface area contributed by atoms with E-state index >= 15 is 0 Å². The first kappa shape index (κ1) is 21.2. The molecule has 7 heteroatoms. The van der Waals surface area contributed by atoms with Crippen molar-refractivity contribution >= 4 is 44.9 Å². The van der Waals surface area contributed by atoms with Gasteiger partial charge >= 0.3 is 0 Å². The molecule has 1 aromatic heterocycles. The molecule has 3 aromatic rings. The van der Waals surface area contributed by atoms with Crippen molar-refractivity contribution in [3.05, 3.63) is 54.1 Å². The number of nitrogens with zero attached hydrogens (tertiary/aromatic N) is 3. The maximum Gasteiger partial charge on any atom is 0.233 e. The highest BCUT2D eigenvalue weighted by Crippen LogP contribution is 2.29. The van der Waals surface area contributed by atoms with Gasteiger partial charge in [-0.05, 0) is 42.7 Å². The van der Waals surface area contributed by atoms with Crippen LogP contribution in [0.3, 0.4) is 0 Å². The molecule has 1 amide bonds. The molecular formula is C23H27N3O2S2. The zero-order chi connectivity index (χ0) is 20.9. The summed E-state index contributed by atoms with van der Waals surface area (Å²) in [5.74, 6) is 0.522. The van der Waals surface area contributed by atoms with E-state index in [0.29, 0.717) is 18.8 Å². The summed E-state index contributed by atoms with van der Waals surface area (Å²) in [5, 5.41) is 0.